The second kappa shape index (κ2) is 6.01. The summed E-state index contributed by atoms with van der Waals surface area (Å²) in [5.74, 6) is -2.30. The molecule has 7 heteroatoms. The van der Waals surface area contributed by atoms with Gasteiger partial charge in [0.1, 0.15) is 6.04 Å². The molecule has 0 rings (SSSR count). The highest BCUT2D eigenvalue weighted by molar-refractivity contribution is 5.88. The van der Waals surface area contributed by atoms with Crippen molar-refractivity contribution in [2.45, 2.75) is 52.1 Å². The first-order valence-electron chi connectivity index (χ1n) is 6.00. The van der Waals surface area contributed by atoms with Crippen LogP contribution in [0, 0.1) is 5.41 Å². The lowest BCUT2D eigenvalue weighted by Gasteiger charge is -2.37. The van der Waals surface area contributed by atoms with Gasteiger partial charge in [0.25, 0.3) is 0 Å². The fourth-order valence-electron chi connectivity index (χ4n) is 1.18. The lowest BCUT2D eigenvalue weighted by atomic mass is 9.74. The third-order valence-electron chi connectivity index (χ3n) is 3.46. The molecule has 0 radical (unpaired) electrons. The predicted molar refractivity (Wildman–Crippen MR) is 70.0 cm³/mol. The number of hydrogen-bond acceptors (Lipinski definition) is 4. The third-order valence-corrected chi connectivity index (χ3v) is 3.46. The normalized spacial score (nSPS) is 13.7. The fourth-order valence-corrected chi connectivity index (χ4v) is 1.18. The number of carboxylic acids is 1. The average molecular weight is 273 g/mol. The number of primary amides is 1. The van der Waals surface area contributed by atoms with Gasteiger partial charge in [-0.2, -0.15) is 0 Å². The van der Waals surface area contributed by atoms with Gasteiger partial charge in [-0.3, -0.25) is 9.59 Å². The fraction of sp³-hybridized carbons (Fsp3) is 0.750. The van der Waals surface area contributed by atoms with Crippen LogP contribution in [0.25, 0.3) is 0 Å². The summed E-state index contributed by atoms with van der Waals surface area (Å²) in [7, 11) is 0. The van der Waals surface area contributed by atoms with Crippen LogP contribution < -0.4 is 16.8 Å². The van der Waals surface area contributed by atoms with Crippen molar-refractivity contribution in [1.29, 1.82) is 0 Å². The molecule has 0 aliphatic rings. The topological polar surface area (TPSA) is 136 Å². The van der Waals surface area contributed by atoms with E-state index in [0.29, 0.717) is 0 Å². The minimum Gasteiger partial charge on any atom is -0.480 e. The zero-order valence-corrected chi connectivity index (χ0v) is 11.8. The lowest BCUT2D eigenvalue weighted by molar-refractivity contribution is -0.144. The molecule has 0 aliphatic heterocycles. The van der Waals surface area contributed by atoms with E-state index in [2.05, 4.69) is 5.32 Å². The molecule has 19 heavy (non-hydrogen) atoms. The number of carbonyl (C=O) groups excluding carboxylic acids is 2. The van der Waals surface area contributed by atoms with Crippen LogP contribution in [0.15, 0.2) is 0 Å². The highest BCUT2D eigenvalue weighted by Gasteiger charge is 2.41. The van der Waals surface area contributed by atoms with E-state index < -0.39 is 34.8 Å². The summed E-state index contributed by atoms with van der Waals surface area (Å²) in [5, 5.41) is 11.4. The molecule has 6 N–H and O–H groups in total. The molecule has 0 fully saturated rings. The molecule has 110 valence electrons. The van der Waals surface area contributed by atoms with E-state index in [-0.39, 0.29) is 12.8 Å². The van der Waals surface area contributed by atoms with Crippen molar-refractivity contribution >= 4 is 17.8 Å². The van der Waals surface area contributed by atoms with Crippen LogP contribution in [0.2, 0.25) is 0 Å². The smallest absolute Gasteiger partial charge is 0.326 e. The summed E-state index contributed by atoms with van der Waals surface area (Å²) in [6.45, 7) is 6.64. The van der Waals surface area contributed by atoms with Gasteiger partial charge >= 0.3 is 5.97 Å². The monoisotopic (exact) mass is 273 g/mol. The Morgan fingerprint density at radius 2 is 1.68 bits per heavy atom. The van der Waals surface area contributed by atoms with Crippen molar-refractivity contribution in [2.24, 2.45) is 16.9 Å². The van der Waals surface area contributed by atoms with Crippen molar-refractivity contribution in [3.05, 3.63) is 0 Å². The summed E-state index contributed by atoms with van der Waals surface area (Å²) in [4.78, 5) is 33.8. The third kappa shape index (κ3) is 4.86. The first-order valence-corrected chi connectivity index (χ1v) is 6.00. The Kier molecular flexibility index (Phi) is 5.49. The maximum Gasteiger partial charge on any atom is 0.326 e. The molecule has 0 bridgehead atoms. The van der Waals surface area contributed by atoms with Crippen molar-refractivity contribution in [2.75, 3.05) is 0 Å². The van der Waals surface area contributed by atoms with Gasteiger partial charge in [-0.1, -0.05) is 0 Å². The van der Waals surface area contributed by atoms with Crippen LogP contribution in [0.5, 0.6) is 0 Å². The van der Waals surface area contributed by atoms with E-state index in [0.717, 1.165) is 0 Å². The van der Waals surface area contributed by atoms with Crippen molar-refractivity contribution < 1.29 is 19.5 Å². The SMILES string of the molecule is CC(C)(N)C(C)(C)C(=O)N[C@@H](CCC(N)=O)C(=O)O. The number of nitrogens with two attached hydrogens (primary N) is 2. The largest absolute Gasteiger partial charge is 0.480 e. The quantitative estimate of drug-likeness (QED) is 0.499. The number of carbonyl (C=O) groups is 3. The van der Waals surface area contributed by atoms with Crippen LogP contribution in [-0.4, -0.2) is 34.5 Å². The molecule has 0 saturated heterocycles. The molecule has 0 aromatic heterocycles. The zero-order valence-electron chi connectivity index (χ0n) is 11.8. The molecular formula is C12H23N3O4. The van der Waals surface area contributed by atoms with Crippen molar-refractivity contribution in [1.82, 2.24) is 5.32 Å². The highest BCUT2D eigenvalue weighted by atomic mass is 16.4. The zero-order chi connectivity index (χ0) is 15.4. The van der Waals surface area contributed by atoms with Crippen LogP contribution in [0.1, 0.15) is 40.5 Å². The summed E-state index contributed by atoms with van der Waals surface area (Å²) < 4.78 is 0. The molecule has 1 atom stereocenters. The van der Waals surface area contributed by atoms with E-state index in [9.17, 15) is 14.4 Å². The van der Waals surface area contributed by atoms with Gasteiger partial charge in [0, 0.05) is 12.0 Å². The Labute approximate surface area is 112 Å². The van der Waals surface area contributed by atoms with Gasteiger partial charge in [-0.05, 0) is 34.1 Å². The number of rotatable bonds is 7. The van der Waals surface area contributed by atoms with E-state index in [1.165, 1.54) is 0 Å². The standard InChI is InChI=1S/C12H23N3O4/c1-11(2,12(3,4)14)10(19)15-7(9(17)18)5-6-8(13)16/h7H,5-6,14H2,1-4H3,(H2,13,16)(H,15,19)(H,17,18)/t7-/m0/s1. The van der Waals surface area contributed by atoms with Gasteiger partial charge in [-0.15, -0.1) is 0 Å². The van der Waals surface area contributed by atoms with E-state index in [1.807, 2.05) is 0 Å². The van der Waals surface area contributed by atoms with Crippen LogP contribution in [-0.2, 0) is 14.4 Å². The summed E-state index contributed by atoms with van der Waals surface area (Å²) >= 11 is 0. The summed E-state index contributed by atoms with van der Waals surface area (Å²) in [6.07, 6.45) is -0.152. The molecule has 0 unspecified atom stereocenters. The second-order valence-electron chi connectivity index (χ2n) is 5.72. The van der Waals surface area contributed by atoms with Gasteiger partial charge in [0.15, 0.2) is 0 Å². The Morgan fingerprint density at radius 1 is 1.21 bits per heavy atom. The van der Waals surface area contributed by atoms with Crippen molar-refractivity contribution in [3.8, 4) is 0 Å². The number of hydrogen-bond donors (Lipinski definition) is 4. The van der Waals surface area contributed by atoms with Gasteiger partial charge in [-0.25, -0.2) is 4.79 Å². The molecular weight excluding hydrogens is 250 g/mol. The Morgan fingerprint density at radius 3 is 2.00 bits per heavy atom. The van der Waals surface area contributed by atoms with Crippen molar-refractivity contribution in [3.63, 3.8) is 0 Å². The molecule has 0 heterocycles. The van der Waals surface area contributed by atoms with E-state index in [4.69, 9.17) is 16.6 Å². The first kappa shape index (κ1) is 17.4. The van der Waals surface area contributed by atoms with Gasteiger partial charge in [0.05, 0.1) is 5.41 Å². The highest BCUT2D eigenvalue weighted by Crippen LogP contribution is 2.28. The molecule has 0 aliphatic carbocycles. The summed E-state index contributed by atoms with van der Waals surface area (Å²) in [6, 6.07) is -1.15. The van der Waals surface area contributed by atoms with Gasteiger partial charge in [0.2, 0.25) is 11.8 Å². The number of amides is 2. The maximum atomic E-state index is 12.1. The predicted octanol–water partition coefficient (Wildman–Crippen LogP) is -0.415. The lowest BCUT2D eigenvalue weighted by Crippen LogP contribution is -2.58. The Balaban J connectivity index is 4.82. The van der Waals surface area contributed by atoms with Crippen LogP contribution in [0.3, 0.4) is 0 Å². The Hall–Kier alpha value is -1.63. The number of nitrogens with one attached hydrogen (secondary N) is 1. The molecule has 0 spiro atoms. The average Bonchev–Trinajstić information content (AvgIpc) is 2.21. The molecule has 0 aromatic carbocycles. The molecule has 2 amide bonds. The minimum absolute atomic E-state index is 0.0442. The van der Waals surface area contributed by atoms with Crippen LogP contribution in [0.4, 0.5) is 0 Å². The maximum absolute atomic E-state index is 12.1. The van der Waals surface area contributed by atoms with Gasteiger partial charge < -0.3 is 21.9 Å². The summed E-state index contributed by atoms with van der Waals surface area (Å²) in [5.41, 5.74) is 9.10. The first-order chi connectivity index (χ1) is 8.39. The van der Waals surface area contributed by atoms with E-state index in [1.54, 1.807) is 27.7 Å². The minimum atomic E-state index is -1.21. The van der Waals surface area contributed by atoms with Crippen LogP contribution >= 0.6 is 0 Å². The number of aliphatic carboxylic acids is 1. The molecule has 7 nitrogen and oxygen atoms in total. The number of carboxylic acid groups (broad SMARTS) is 1. The molecule has 0 saturated carbocycles. The second-order valence-corrected chi connectivity index (χ2v) is 5.72. The Bertz CT molecular complexity index is 372. The molecule has 0 aromatic rings. The van der Waals surface area contributed by atoms with E-state index >= 15 is 0 Å².